The zero-order valence-corrected chi connectivity index (χ0v) is 35.6. The fourth-order valence-electron chi connectivity index (χ4n) is 10.7. The Morgan fingerprint density at radius 1 is 0.444 bits per heavy atom. The second kappa shape index (κ2) is 13.0. The molecular weight excluding hydrogens is 771 g/mol. The number of hydrogen-bond donors (Lipinski definition) is 0. The minimum absolute atomic E-state index is 0.0111. The minimum atomic E-state index is -0.0138. The average Bonchev–Trinajstić information content (AvgIpc) is 3.97. The zero-order valence-electron chi connectivity index (χ0n) is 35.6. The minimum Gasteiger partial charge on any atom is -0.456 e. The molecule has 0 fully saturated rings. The van der Waals surface area contributed by atoms with Gasteiger partial charge in [0.1, 0.15) is 11.2 Å². The van der Waals surface area contributed by atoms with E-state index in [-0.39, 0.29) is 10.8 Å². The van der Waals surface area contributed by atoms with E-state index in [1.807, 2.05) is 18.2 Å². The van der Waals surface area contributed by atoms with Crippen molar-refractivity contribution >= 4 is 76.3 Å². The molecule has 0 N–H and O–H groups in total. The van der Waals surface area contributed by atoms with Crippen LogP contribution in [0.2, 0.25) is 0 Å². The van der Waals surface area contributed by atoms with Gasteiger partial charge in [0.2, 0.25) is 5.95 Å². The summed E-state index contributed by atoms with van der Waals surface area (Å²) in [4.78, 5) is 16.3. The number of fused-ring (bicyclic) bond motifs is 12. The van der Waals surface area contributed by atoms with Crippen LogP contribution in [-0.4, -0.2) is 24.1 Å². The lowest BCUT2D eigenvalue weighted by Crippen LogP contribution is -2.33. The molecule has 0 radical (unpaired) electrons. The van der Waals surface area contributed by atoms with Crippen molar-refractivity contribution in [3.8, 4) is 34.4 Å². The predicted octanol–water partition coefficient (Wildman–Crippen LogP) is 14.8. The maximum atomic E-state index is 6.28. The Labute approximate surface area is 364 Å². The molecule has 0 amide bonds. The molecule has 0 atom stereocenters. The number of rotatable bonds is 4. The standard InChI is InChI=1S/C57H43N5O/c1-56(2)29-30-57(3,4)44-33-48-42(32-43(44)56)52-47(27-26-46-51(52)40-21-10-12-23-45(40)61(46)36-17-6-5-7-18-36)62(48)55-59-53(35-25-28-50-41(31-35)38-20-11-13-24-49(38)63-50)58-54(60-55)39-22-14-16-34-15-8-9-19-37(34)39/h5-28,31-33H,29-30H2,1-4H3. The number of aromatic nitrogens is 5. The molecule has 1 aliphatic rings. The Morgan fingerprint density at radius 3 is 1.90 bits per heavy atom. The Balaban J connectivity index is 1.18. The van der Waals surface area contributed by atoms with E-state index in [4.69, 9.17) is 19.4 Å². The summed E-state index contributed by atoms with van der Waals surface area (Å²) in [5, 5.41) is 9.17. The molecule has 4 aromatic heterocycles. The third-order valence-electron chi connectivity index (χ3n) is 14.0. The van der Waals surface area contributed by atoms with Crippen molar-refractivity contribution in [3.63, 3.8) is 0 Å². The summed E-state index contributed by atoms with van der Waals surface area (Å²) in [5.74, 6) is 1.81. The van der Waals surface area contributed by atoms with Crippen molar-refractivity contribution in [3.05, 3.63) is 175 Å². The normalized spacial score (nSPS) is 14.8. The highest BCUT2D eigenvalue weighted by Crippen LogP contribution is 2.50. The Kier molecular flexibility index (Phi) is 7.44. The molecule has 0 spiro atoms. The van der Waals surface area contributed by atoms with Crippen LogP contribution >= 0.6 is 0 Å². The van der Waals surface area contributed by atoms with Crippen LogP contribution in [0, 0.1) is 0 Å². The molecule has 6 nitrogen and oxygen atoms in total. The molecule has 8 aromatic carbocycles. The summed E-state index contributed by atoms with van der Waals surface area (Å²) in [5.41, 5.74) is 12.0. The fourth-order valence-corrected chi connectivity index (χ4v) is 10.7. The number of para-hydroxylation sites is 3. The molecule has 0 aliphatic heterocycles. The Morgan fingerprint density at radius 2 is 1.08 bits per heavy atom. The lowest BCUT2D eigenvalue weighted by molar-refractivity contribution is 0.332. The lowest BCUT2D eigenvalue weighted by atomic mass is 9.63. The maximum absolute atomic E-state index is 6.28. The van der Waals surface area contributed by atoms with Gasteiger partial charge in [-0.2, -0.15) is 9.97 Å². The predicted molar refractivity (Wildman–Crippen MR) is 259 cm³/mol. The smallest absolute Gasteiger partial charge is 0.238 e. The second-order valence-electron chi connectivity index (χ2n) is 18.7. The summed E-state index contributed by atoms with van der Waals surface area (Å²) in [6.07, 6.45) is 2.24. The van der Waals surface area contributed by atoms with Crippen molar-refractivity contribution in [1.82, 2.24) is 24.1 Å². The molecule has 0 unspecified atom stereocenters. The first-order valence-corrected chi connectivity index (χ1v) is 22.0. The molecule has 6 heteroatoms. The van der Waals surface area contributed by atoms with Crippen molar-refractivity contribution in [2.24, 2.45) is 0 Å². The number of hydrogen-bond acceptors (Lipinski definition) is 4. The first kappa shape index (κ1) is 36.1. The van der Waals surface area contributed by atoms with Crippen LogP contribution in [0.4, 0.5) is 0 Å². The van der Waals surface area contributed by atoms with Gasteiger partial charge in [0, 0.05) is 49.1 Å². The summed E-state index contributed by atoms with van der Waals surface area (Å²) >= 11 is 0. The molecular formula is C57H43N5O. The SMILES string of the molecule is CC1(C)CCC(C)(C)c2cc3c(cc21)c1c2c4ccccc4n(-c4ccccc4)c2ccc1n3-c1nc(-c2ccc3oc4ccccc4c3c2)nc(-c2cccc3ccccc23)n1. The fraction of sp³-hybridized carbons (Fsp3) is 0.140. The third-order valence-corrected chi connectivity index (χ3v) is 14.0. The van der Waals surface area contributed by atoms with Gasteiger partial charge in [-0.3, -0.25) is 4.57 Å². The lowest BCUT2D eigenvalue weighted by Gasteiger charge is -2.42. The van der Waals surface area contributed by atoms with E-state index in [2.05, 4.69) is 182 Å². The van der Waals surface area contributed by atoms with Crippen LogP contribution < -0.4 is 0 Å². The molecule has 63 heavy (non-hydrogen) atoms. The summed E-state index contributed by atoms with van der Waals surface area (Å²) in [7, 11) is 0. The van der Waals surface area contributed by atoms with Gasteiger partial charge in [-0.05, 0) is 112 Å². The van der Waals surface area contributed by atoms with Crippen LogP contribution in [0.15, 0.2) is 168 Å². The van der Waals surface area contributed by atoms with Crippen LogP contribution in [0.3, 0.4) is 0 Å². The topological polar surface area (TPSA) is 61.7 Å². The van der Waals surface area contributed by atoms with Crippen LogP contribution in [0.25, 0.3) is 111 Å². The van der Waals surface area contributed by atoms with Gasteiger partial charge in [0.25, 0.3) is 0 Å². The van der Waals surface area contributed by atoms with Gasteiger partial charge in [-0.15, -0.1) is 0 Å². The molecule has 12 aromatic rings. The summed E-state index contributed by atoms with van der Waals surface area (Å²) < 4.78 is 11.0. The number of furan rings is 1. The van der Waals surface area contributed by atoms with Crippen LogP contribution in [0.5, 0.6) is 0 Å². The van der Waals surface area contributed by atoms with Gasteiger partial charge in [-0.25, -0.2) is 4.98 Å². The van der Waals surface area contributed by atoms with Crippen molar-refractivity contribution < 1.29 is 4.42 Å². The van der Waals surface area contributed by atoms with Gasteiger partial charge in [-0.1, -0.05) is 125 Å². The highest BCUT2D eigenvalue weighted by atomic mass is 16.3. The monoisotopic (exact) mass is 813 g/mol. The van der Waals surface area contributed by atoms with E-state index in [0.29, 0.717) is 17.6 Å². The summed E-state index contributed by atoms with van der Waals surface area (Å²) in [6, 6.07) is 58.5. The van der Waals surface area contributed by atoms with E-state index in [9.17, 15) is 0 Å². The molecule has 13 rings (SSSR count). The van der Waals surface area contributed by atoms with Crippen molar-refractivity contribution in [2.75, 3.05) is 0 Å². The van der Waals surface area contributed by atoms with Crippen molar-refractivity contribution in [2.45, 2.75) is 51.4 Å². The van der Waals surface area contributed by atoms with Gasteiger partial charge in [0.15, 0.2) is 11.6 Å². The molecule has 0 bridgehead atoms. The number of nitrogens with zero attached hydrogens (tertiary/aromatic N) is 5. The van der Waals surface area contributed by atoms with E-state index >= 15 is 0 Å². The highest BCUT2D eigenvalue weighted by molar-refractivity contribution is 6.29. The maximum Gasteiger partial charge on any atom is 0.238 e. The van der Waals surface area contributed by atoms with E-state index in [1.54, 1.807) is 0 Å². The van der Waals surface area contributed by atoms with Crippen LogP contribution in [0.1, 0.15) is 51.7 Å². The summed E-state index contributed by atoms with van der Waals surface area (Å²) in [6.45, 7) is 9.64. The third kappa shape index (κ3) is 5.27. The Bertz CT molecular complexity index is 3860. The molecule has 0 saturated carbocycles. The number of benzene rings is 8. The van der Waals surface area contributed by atoms with Crippen molar-refractivity contribution in [1.29, 1.82) is 0 Å². The first-order chi connectivity index (χ1) is 30.7. The molecule has 1 aliphatic carbocycles. The van der Waals surface area contributed by atoms with Gasteiger partial charge < -0.3 is 8.98 Å². The largest absolute Gasteiger partial charge is 0.456 e. The second-order valence-corrected chi connectivity index (χ2v) is 18.7. The van der Waals surface area contributed by atoms with Gasteiger partial charge >= 0.3 is 0 Å². The van der Waals surface area contributed by atoms with E-state index < -0.39 is 0 Å². The van der Waals surface area contributed by atoms with E-state index in [0.717, 1.165) is 73.4 Å². The highest BCUT2D eigenvalue weighted by Gasteiger charge is 2.38. The first-order valence-electron chi connectivity index (χ1n) is 22.0. The zero-order chi connectivity index (χ0) is 42.2. The van der Waals surface area contributed by atoms with Crippen LogP contribution in [-0.2, 0) is 10.8 Å². The average molecular weight is 814 g/mol. The van der Waals surface area contributed by atoms with E-state index in [1.165, 1.54) is 43.7 Å². The molecule has 0 saturated heterocycles. The quantitative estimate of drug-likeness (QED) is 0.178. The molecule has 4 heterocycles. The Hall–Kier alpha value is -7.57. The molecule has 302 valence electrons. The van der Waals surface area contributed by atoms with Gasteiger partial charge in [0.05, 0.1) is 22.1 Å².